The molecule has 0 spiro atoms. The zero-order valence-corrected chi connectivity index (χ0v) is 15.0. The van der Waals surface area contributed by atoms with Gasteiger partial charge in [0.05, 0.1) is 12.2 Å². The van der Waals surface area contributed by atoms with Crippen molar-refractivity contribution in [2.24, 2.45) is 0 Å². The highest BCUT2D eigenvalue weighted by molar-refractivity contribution is 7.87. The zero-order chi connectivity index (χ0) is 19.2. The predicted molar refractivity (Wildman–Crippen MR) is 92.4 cm³/mol. The molecule has 8 heteroatoms. The van der Waals surface area contributed by atoms with E-state index in [4.69, 9.17) is 18.9 Å². The van der Waals surface area contributed by atoms with Crippen LogP contribution < -0.4 is 8.92 Å². The van der Waals surface area contributed by atoms with Crippen LogP contribution in [-0.4, -0.2) is 27.1 Å². The van der Waals surface area contributed by atoms with Crippen molar-refractivity contribution in [2.45, 2.75) is 24.8 Å². The largest absolute Gasteiger partial charge is 0.490 e. The van der Waals surface area contributed by atoms with Crippen molar-refractivity contribution < 1.29 is 26.9 Å². The van der Waals surface area contributed by atoms with E-state index in [0.717, 1.165) is 6.07 Å². The van der Waals surface area contributed by atoms with Crippen LogP contribution in [0.2, 0.25) is 0 Å². The lowest BCUT2D eigenvalue weighted by Crippen LogP contribution is -2.15. The molecular weight excluding hydrogens is 358 g/mol. The van der Waals surface area contributed by atoms with Gasteiger partial charge < -0.3 is 13.7 Å². The van der Waals surface area contributed by atoms with Crippen molar-refractivity contribution in [1.82, 2.24) is 0 Å². The summed E-state index contributed by atoms with van der Waals surface area (Å²) < 4.78 is 40.4. The molecule has 0 saturated carbocycles. The van der Waals surface area contributed by atoms with Gasteiger partial charge in [-0.3, -0.25) is 0 Å². The van der Waals surface area contributed by atoms with Crippen LogP contribution in [0.25, 0.3) is 0 Å². The standard InChI is InChI=1S/C18H17NO6S/c1-3-23-16-9-4-5-10-17(16)25-26(21,22)15-8-6-7-14(11-15)18(20)24-13(2)12-19/h4-11,13H,3H2,1-2H3/t13-/m1/s1. The summed E-state index contributed by atoms with van der Waals surface area (Å²) >= 11 is 0. The van der Waals surface area contributed by atoms with Crippen LogP contribution in [0.5, 0.6) is 11.5 Å². The second-order valence-corrected chi connectivity index (χ2v) is 6.67. The fourth-order valence-electron chi connectivity index (χ4n) is 1.99. The van der Waals surface area contributed by atoms with E-state index in [0.29, 0.717) is 6.61 Å². The number of carbonyl (C=O) groups is 1. The molecule has 0 aliphatic heterocycles. The van der Waals surface area contributed by atoms with Gasteiger partial charge in [-0.2, -0.15) is 13.7 Å². The topological polar surface area (TPSA) is 103 Å². The van der Waals surface area contributed by atoms with Gasteiger partial charge in [-0.05, 0) is 44.2 Å². The second kappa shape index (κ2) is 8.36. The van der Waals surface area contributed by atoms with Gasteiger partial charge in [0.25, 0.3) is 0 Å². The van der Waals surface area contributed by atoms with E-state index >= 15 is 0 Å². The maximum atomic E-state index is 12.5. The van der Waals surface area contributed by atoms with Gasteiger partial charge in [0.15, 0.2) is 17.6 Å². The predicted octanol–water partition coefficient (Wildman–Crippen LogP) is 2.92. The lowest BCUT2D eigenvalue weighted by atomic mass is 10.2. The summed E-state index contributed by atoms with van der Waals surface area (Å²) in [5.41, 5.74) is -0.00475. The van der Waals surface area contributed by atoms with Crippen molar-refractivity contribution in [1.29, 1.82) is 5.26 Å². The summed E-state index contributed by atoms with van der Waals surface area (Å²) in [6.07, 6.45) is -0.947. The minimum atomic E-state index is -4.20. The molecule has 0 heterocycles. The Morgan fingerprint density at radius 1 is 1.15 bits per heavy atom. The van der Waals surface area contributed by atoms with Gasteiger partial charge in [0, 0.05) is 0 Å². The maximum absolute atomic E-state index is 12.5. The lowest BCUT2D eigenvalue weighted by molar-refractivity contribution is 0.0435. The van der Waals surface area contributed by atoms with Crippen molar-refractivity contribution in [3.05, 3.63) is 54.1 Å². The summed E-state index contributed by atoms with van der Waals surface area (Å²) in [5.74, 6) is -0.469. The van der Waals surface area contributed by atoms with E-state index in [2.05, 4.69) is 0 Å². The number of rotatable bonds is 7. The number of esters is 1. The van der Waals surface area contributed by atoms with Crippen LogP contribution in [-0.2, 0) is 14.9 Å². The van der Waals surface area contributed by atoms with Crippen molar-refractivity contribution >= 4 is 16.1 Å². The summed E-state index contributed by atoms with van der Waals surface area (Å²) in [7, 11) is -4.20. The van der Waals surface area contributed by atoms with Crippen LogP contribution in [0.3, 0.4) is 0 Å². The molecule has 0 aromatic heterocycles. The molecule has 7 nitrogen and oxygen atoms in total. The van der Waals surface area contributed by atoms with Crippen molar-refractivity contribution in [2.75, 3.05) is 6.61 Å². The first-order valence-electron chi connectivity index (χ1n) is 7.74. The Balaban J connectivity index is 2.29. The van der Waals surface area contributed by atoms with Gasteiger partial charge in [0.2, 0.25) is 0 Å². The summed E-state index contributed by atoms with van der Waals surface area (Å²) in [6.45, 7) is 3.52. The third-order valence-corrected chi connectivity index (χ3v) is 4.40. The summed E-state index contributed by atoms with van der Waals surface area (Å²) in [5, 5.41) is 8.69. The van der Waals surface area contributed by atoms with E-state index in [1.807, 2.05) is 0 Å². The zero-order valence-electron chi connectivity index (χ0n) is 14.2. The molecule has 0 bridgehead atoms. The molecule has 0 amide bonds. The Labute approximate surface area is 151 Å². The van der Waals surface area contributed by atoms with Gasteiger partial charge in [0.1, 0.15) is 11.0 Å². The molecule has 2 rings (SSSR count). The van der Waals surface area contributed by atoms with E-state index in [1.165, 1.54) is 31.2 Å². The first kappa shape index (κ1) is 19.3. The average molecular weight is 375 g/mol. The van der Waals surface area contributed by atoms with E-state index in [-0.39, 0.29) is 22.0 Å². The van der Waals surface area contributed by atoms with Gasteiger partial charge in [-0.15, -0.1) is 0 Å². The molecular formula is C18H17NO6S. The van der Waals surface area contributed by atoms with E-state index < -0.39 is 22.2 Å². The lowest BCUT2D eigenvalue weighted by Gasteiger charge is -2.12. The molecule has 0 N–H and O–H groups in total. The molecule has 0 fully saturated rings. The molecule has 2 aromatic rings. The Morgan fingerprint density at radius 3 is 2.50 bits per heavy atom. The average Bonchev–Trinajstić information content (AvgIpc) is 2.63. The highest BCUT2D eigenvalue weighted by atomic mass is 32.2. The van der Waals surface area contributed by atoms with Gasteiger partial charge in [-0.1, -0.05) is 18.2 Å². The summed E-state index contributed by atoms with van der Waals surface area (Å²) in [4.78, 5) is 11.7. The number of benzene rings is 2. The highest BCUT2D eigenvalue weighted by Gasteiger charge is 2.21. The van der Waals surface area contributed by atoms with Crippen molar-refractivity contribution in [3.63, 3.8) is 0 Å². The fourth-order valence-corrected chi connectivity index (χ4v) is 2.98. The molecule has 136 valence electrons. The van der Waals surface area contributed by atoms with Crippen LogP contribution in [0.1, 0.15) is 24.2 Å². The van der Waals surface area contributed by atoms with Gasteiger partial charge >= 0.3 is 16.1 Å². The Morgan fingerprint density at radius 2 is 1.85 bits per heavy atom. The first-order chi connectivity index (χ1) is 12.4. The molecule has 0 radical (unpaired) electrons. The third kappa shape index (κ3) is 4.74. The molecule has 0 unspecified atom stereocenters. The minimum absolute atomic E-state index is 0.00475. The smallest absolute Gasteiger partial charge is 0.339 e. The van der Waals surface area contributed by atoms with Crippen LogP contribution in [0, 0.1) is 11.3 Å². The number of para-hydroxylation sites is 2. The first-order valence-corrected chi connectivity index (χ1v) is 9.15. The molecule has 26 heavy (non-hydrogen) atoms. The van der Waals surface area contributed by atoms with Crippen molar-refractivity contribution in [3.8, 4) is 17.6 Å². The Bertz CT molecular complexity index is 933. The number of hydrogen-bond acceptors (Lipinski definition) is 7. The number of nitriles is 1. The summed E-state index contributed by atoms with van der Waals surface area (Å²) in [6, 6.07) is 13.3. The highest BCUT2D eigenvalue weighted by Crippen LogP contribution is 2.29. The molecule has 0 saturated heterocycles. The minimum Gasteiger partial charge on any atom is -0.490 e. The number of hydrogen-bond donors (Lipinski definition) is 0. The van der Waals surface area contributed by atoms with E-state index in [1.54, 1.807) is 31.2 Å². The fraction of sp³-hybridized carbons (Fsp3) is 0.222. The normalized spacial score (nSPS) is 11.9. The molecule has 2 aromatic carbocycles. The quantitative estimate of drug-likeness (QED) is 0.541. The molecule has 1 atom stereocenters. The third-order valence-electron chi connectivity index (χ3n) is 3.17. The Kier molecular flexibility index (Phi) is 6.20. The van der Waals surface area contributed by atoms with Gasteiger partial charge in [-0.25, -0.2) is 4.79 Å². The monoisotopic (exact) mass is 375 g/mol. The number of ether oxygens (including phenoxy) is 2. The van der Waals surface area contributed by atoms with Crippen LogP contribution in [0.4, 0.5) is 0 Å². The number of nitrogens with zero attached hydrogens (tertiary/aromatic N) is 1. The number of carbonyl (C=O) groups excluding carboxylic acids is 1. The Hall–Kier alpha value is -3.05. The van der Waals surface area contributed by atoms with Crippen LogP contribution >= 0.6 is 0 Å². The molecule has 0 aliphatic carbocycles. The second-order valence-electron chi connectivity index (χ2n) is 5.12. The SMILES string of the molecule is CCOc1ccccc1OS(=O)(=O)c1cccc(C(=O)O[C@H](C)C#N)c1. The maximum Gasteiger partial charge on any atom is 0.339 e. The van der Waals surface area contributed by atoms with E-state index in [9.17, 15) is 13.2 Å². The van der Waals surface area contributed by atoms with Crippen LogP contribution in [0.15, 0.2) is 53.4 Å². The molecule has 0 aliphatic rings.